The SMILES string of the molecule is CC(C)C(CNCCCCC(C)(C)C#N)C(C)C. The van der Waals surface area contributed by atoms with Gasteiger partial charge in [0.2, 0.25) is 0 Å². The molecule has 0 saturated carbocycles. The molecule has 0 bridgehead atoms. The summed E-state index contributed by atoms with van der Waals surface area (Å²) in [7, 11) is 0. The van der Waals surface area contributed by atoms with Crippen LogP contribution in [-0.4, -0.2) is 13.1 Å². The van der Waals surface area contributed by atoms with Gasteiger partial charge in [0, 0.05) is 0 Å². The predicted octanol–water partition coefficient (Wildman–Crippen LogP) is 4.22. The van der Waals surface area contributed by atoms with Crippen LogP contribution in [0, 0.1) is 34.5 Å². The van der Waals surface area contributed by atoms with E-state index in [1.54, 1.807) is 0 Å². The summed E-state index contributed by atoms with van der Waals surface area (Å²) in [6.45, 7) is 15.5. The van der Waals surface area contributed by atoms with Crippen LogP contribution in [0.2, 0.25) is 0 Å². The molecule has 0 aromatic rings. The van der Waals surface area contributed by atoms with E-state index in [9.17, 15) is 0 Å². The Morgan fingerprint density at radius 1 is 1.06 bits per heavy atom. The predicted molar refractivity (Wildman–Crippen MR) is 79.3 cm³/mol. The fraction of sp³-hybridized carbons (Fsp3) is 0.938. The van der Waals surface area contributed by atoms with Crippen LogP contribution in [0.4, 0.5) is 0 Å². The molecule has 0 rings (SSSR count). The van der Waals surface area contributed by atoms with Crippen molar-refractivity contribution in [2.24, 2.45) is 23.2 Å². The lowest BCUT2D eigenvalue weighted by atomic mass is 9.85. The maximum atomic E-state index is 8.93. The van der Waals surface area contributed by atoms with Gasteiger partial charge in [0.15, 0.2) is 0 Å². The summed E-state index contributed by atoms with van der Waals surface area (Å²) < 4.78 is 0. The number of nitrogens with zero attached hydrogens (tertiary/aromatic N) is 1. The number of hydrogen-bond acceptors (Lipinski definition) is 2. The summed E-state index contributed by atoms with van der Waals surface area (Å²) in [5, 5.41) is 12.5. The van der Waals surface area contributed by atoms with Gasteiger partial charge in [0.25, 0.3) is 0 Å². The molecule has 106 valence electrons. The van der Waals surface area contributed by atoms with Crippen LogP contribution >= 0.6 is 0 Å². The van der Waals surface area contributed by atoms with Gasteiger partial charge < -0.3 is 5.32 Å². The molecular weight excluding hydrogens is 220 g/mol. The first-order chi connectivity index (χ1) is 8.30. The molecule has 0 fully saturated rings. The average molecular weight is 252 g/mol. The molecule has 0 amide bonds. The van der Waals surface area contributed by atoms with E-state index in [0.717, 1.165) is 43.7 Å². The molecule has 0 aliphatic carbocycles. The van der Waals surface area contributed by atoms with E-state index in [1.807, 2.05) is 13.8 Å². The van der Waals surface area contributed by atoms with Gasteiger partial charge in [0.05, 0.1) is 11.5 Å². The number of nitrogens with one attached hydrogen (secondary N) is 1. The van der Waals surface area contributed by atoms with Crippen molar-refractivity contribution in [1.82, 2.24) is 5.32 Å². The Balaban J connectivity index is 3.65. The molecular formula is C16H32N2. The summed E-state index contributed by atoms with van der Waals surface area (Å²) in [6.07, 6.45) is 3.32. The number of rotatable bonds is 9. The van der Waals surface area contributed by atoms with Crippen molar-refractivity contribution in [3.8, 4) is 6.07 Å². The van der Waals surface area contributed by atoms with Gasteiger partial charge in [-0.2, -0.15) is 5.26 Å². The summed E-state index contributed by atoms with van der Waals surface area (Å²) in [4.78, 5) is 0. The third-order valence-corrected chi connectivity index (χ3v) is 3.80. The highest BCUT2D eigenvalue weighted by atomic mass is 14.9. The van der Waals surface area contributed by atoms with Crippen molar-refractivity contribution in [3.63, 3.8) is 0 Å². The molecule has 2 heteroatoms. The van der Waals surface area contributed by atoms with Crippen molar-refractivity contribution >= 4 is 0 Å². The first-order valence-electron chi connectivity index (χ1n) is 7.42. The average Bonchev–Trinajstić information content (AvgIpc) is 2.26. The van der Waals surface area contributed by atoms with Crippen LogP contribution in [0.25, 0.3) is 0 Å². The maximum Gasteiger partial charge on any atom is 0.0683 e. The fourth-order valence-electron chi connectivity index (χ4n) is 2.38. The Morgan fingerprint density at radius 3 is 2.06 bits per heavy atom. The largest absolute Gasteiger partial charge is 0.316 e. The number of unbranched alkanes of at least 4 members (excludes halogenated alkanes) is 1. The van der Waals surface area contributed by atoms with Crippen LogP contribution in [0.1, 0.15) is 60.8 Å². The van der Waals surface area contributed by atoms with Gasteiger partial charge in [-0.1, -0.05) is 34.1 Å². The normalized spacial score (nSPS) is 12.4. The topological polar surface area (TPSA) is 35.8 Å². The molecule has 0 aliphatic rings. The second kappa shape index (κ2) is 8.53. The smallest absolute Gasteiger partial charge is 0.0683 e. The van der Waals surface area contributed by atoms with Crippen LogP contribution in [0.3, 0.4) is 0 Å². The van der Waals surface area contributed by atoms with Crippen molar-refractivity contribution in [2.75, 3.05) is 13.1 Å². The lowest BCUT2D eigenvalue weighted by molar-refractivity contribution is 0.275. The molecule has 0 unspecified atom stereocenters. The molecule has 0 saturated heterocycles. The zero-order chi connectivity index (χ0) is 14.2. The zero-order valence-corrected chi connectivity index (χ0v) is 13.2. The molecule has 0 aliphatic heterocycles. The summed E-state index contributed by atoms with van der Waals surface area (Å²) in [5.41, 5.74) is -0.154. The summed E-state index contributed by atoms with van der Waals surface area (Å²) in [6, 6.07) is 2.36. The highest BCUT2D eigenvalue weighted by Crippen LogP contribution is 2.21. The highest BCUT2D eigenvalue weighted by Gasteiger charge is 2.17. The number of nitriles is 1. The Hall–Kier alpha value is -0.550. The molecule has 0 spiro atoms. The Bertz CT molecular complexity index is 240. The van der Waals surface area contributed by atoms with Gasteiger partial charge in [-0.05, 0) is 57.5 Å². The van der Waals surface area contributed by atoms with E-state index in [4.69, 9.17) is 5.26 Å². The third kappa shape index (κ3) is 7.71. The minimum atomic E-state index is -0.154. The lowest BCUT2D eigenvalue weighted by Crippen LogP contribution is -2.30. The standard InChI is InChI=1S/C16H32N2/c1-13(2)15(14(3)4)11-18-10-8-7-9-16(5,6)12-17/h13-15,18H,7-11H2,1-6H3. The van der Waals surface area contributed by atoms with Gasteiger partial charge in [-0.25, -0.2) is 0 Å². The van der Waals surface area contributed by atoms with Crippen LogP contribution in [-0.2, 0) is 0 Å². The van der Waals surface area contributed by atoms with Gasteiger partial charge in [0.1, 0.15) is 0 Å². The Morgan fingerprint density at radius 2 is 1.61 bits per heavy atom. The lowest BCUT2D eigenvalue weighted by Gasteiger charge is -2.25. The van der Waals surface area contributed by atoms with Crippen LogP contribution in [0.5, 0.6) is 0 Å². The maximum absolute atomic E-state index is 8.93. The summed E-state index contributed by atoms with van der Waals surface area (Å²) >= 11 is 0. The second-order valence-corrected chi connectivity index (χ2v) is 6.81. The molecule has 2 nitrogen and oxygen atoms in total. The number of hydrogen-bond donors (Lipinski definition) is 1. The van der Waals surface area contributed by atoms with Crippen molar-refractivity contribution in [3.05, 3.63) is 0 Å². The van der Waals surface area contributed by atoms with E-state index >= 15 is 0 Å². The monoisotopic (exact) mass is 252 g/mol. The van der Waals surface area contributed by atoms with E-state index in [0.29, 0.717) is 0 Å². The Kier molecular flexibility index (Phi) is 8.27. The van der Waals surface area contributed by atoms with E-state index in [1.165, 1.54) is 6.42 Å². The molecule has 18 heavy (non-hydrogen) atoms. The molecule has 1 N–H and O–H groups in total. The van der Waals surface area contributed by atoms with E-state index in [2.05, 4.69) is 39.1 Å². The molecule has 0 heterocycles. The first-order valence-corrected chi connectivity index (χ1v) is 7.42. The van der Waals surface area contributed by atoms with Crippen molar-refractivity contribution in [1.29, 1.82) is 5.26 Å². The van der Waals surface area contributed by atoms with Gasteiger partial charge >= 0.3 is 0 Å². The molecule has 0 aromatic heterocycles. The minimum absolute atomic E-state index is 0.154. The zero-order valence-electron chi connectivity index (χ0n) is 13.2. The van der Waals surface area contributed by atoms with E-state index in [-0.39, 0.29) is 5.41 Å². The van der Waals surface area contributed by atoms with Gasteiger partial charge in [-0.3, -0.25) is 0 Å². The second-order valence-electron chi connectivity index (χ2n) is 6.81. The van der Waals surface area contributed by atoms with E-state index < -0.39 is 0 Å². The first kappa shape index (κ1) is 17.4. The molecule has 0 aromatic carbocycles. The fourth-order valence-corrected chi connectivity index (χ4v) is 2.38. The minimum Gasteiger partial charge on any atom is -0.316 e. The third-order valence-electron chi connectivity index (χ3n) is 3.80. The summed E-state index contributed by atoms with van der Waals surface area (Å²) in [5.74, 6) is 2.26. The quantitative estimate of drug-likeness (QED) is 0.623. The van der Waals surface area contributed by atoms with Crippen LogP contribution in [0.15, 0.2) is 0 Å². The molecule has 0 radical (unpaired) electrons. The highest BCUT2D eigenvalue weighted by molar-refractivity contribution is 4.91. The Labute approximate surface area is 114 Å². The van der Waals surface area contributed by atoms with Crippen LogP contribution < -0.4 is 5.32 Å². The van der Waals surface area contributed by atoms with Gasteiger partial charge in [-0.15, -0.1) is 0 Å². The van der Waals surface area contributed by atoms with Crippen molar-refractivity contribution in [2.45, 2.75) is 60.8 Å². The van der Waals surface area contributed by atoms with Crippen molar-refractivity contribution < 1.29 is 0 Å². The molecule has 0 atom stereocenters.